The van der Waals surface area contributed by atoms with Gasteiger partial charge in [0.15, 0.2) is 11.6 Å². The molecule has 19 heavy (non-hydrogen) atoms. The van der Waals surface area contributed by atoms with Crippen LogP contribution in [0.3, 0.4) is 0 Å². The molecule has 1 atom stereocenters. The summed E-state index contributed by atoms with van der Waals surface area (Å²) in [6.07, 6.45) is 2.20. The van der Waals surface area contributed by atoms with Gasteiger partial charge in [0.05, 0.1) is 13.2 Å². The van der Waals surface area contributed by atoms with Crippen LogP contribution in [0.4, 0.5) is 4.39 Å². The molecule has 0 spiro atoms. The Morgan fingerprint density at radius 1 is 1.47 bits per heavy atom. The van der Waals surface area contributed by atoms with E-state index < -0.39 is 5.82 Å². The number of methoxy groups -OCH3 is 1. The van der Waals surface area contributed by atoms with Gasteiger partial charge in [0.1, 0.15) is 0 Å². The number of hydrogen-bond acceptors (Lipinski definition) is 5. The Morgan fingerprint density at radius 3 is 2.95 bits per heavy atom. The first kappa shape index (κ1) is 12.1. The highest BCUT2D eigenvalue weighted by Gasteiger charge is 2.33. The van der Waals surface area contributed by atoms with E-state index >= 15 is 0 Å². The summed E-state index contributed by atoms with van der Waals surface area (Å²) in [4.78, 5) is 4.27. The smallest absolute Gasteiger partial charge is 0.244 e. The Hall–Kier alpha value is -1.95. The van der Waals surface area contributed by atoms with E-state index in [1.54, 1.807) is 6.07 Å². The van der Waals surface area contributed by atoms with Crippen molar-refractivity contribution in [1.29, 1.82) is 0 Å². The lowest BCUT2D eigenvalue weighted by Crippen LogP contribution is -2.12. The van der Waals surface area contributed by atoms with E-state index in [-0.39, 0.29) is 11.8 Å². The van der Waals surface area contributed by atoms with Crippen LogP contribution in [0.1, 0.15) is 24.8 Å². The van der Waals surface area contributed by atoms with E-state index in [0.717, 1.165) is 12.8 Å². The molecule has 1 heterocycles. The van der Waals surface area contributed by atoms with Crippen molar-refractivity contribution < 1.29 is 13.7 Å². The minimum absolute atomic E-state index is 0.148. The molecule has 3 rings (SSSR count). The normalized spacial score (nSPS) is 16.4. The fourth-order valence-electron chi connectivity index (χ4n) is 1.94. The van der Waals surface area contributed by atoms with Crippen LogP contribution < -0.4 is 10.5 Å². The second-order valence-electron chi connectivity index (χ2n) is 4.67. The average molecular weight is 263 g/mol. The maximum atomic E-state index is 13.3. The SMILES string of the molecule is COc1cc(-c2noc(C(N)C3CC3)n2)ccc1F. The van der Waals surface area contributed by atoms with Gasteiger partial charge < -0.3 is 15.0 Å². The number of ether oxygens (including phenoxy) is 1. The summed E-state index contributed by atoms with van der Waals surface area (Å²) in [5, 5.41) is 3.88. The molecule has 0 aliphatic heterocycles. The molecule has 2 aromatic rings. The molecular formula is C13H14FN3O2. The molecule has 100 valence electrons. The van der Waals surface area contributed by atoms with Crippen molar-refractivity contribution in [3.8, 4) is 17.1 Å². The standard InChI is InChI=1S/C13H14FN3O2/c1-18-10-6-8(4-5-9(10)14)12-16-13(19-17-12)11(15)7-2-3-7/h4-7,11H,2-3,15H2,1H3. The number of rotatable bonds is 4. The summed E-state index contributed by atoms with van der Waals surface area (Å²) < 4.78 is 23.4. The molecule has 1 unspecified atom stereocenters. The number of nitrogens with two attached hydrogens (primary N) is 1. The minimum Gasteiger partial charge on any atom is -0.494 e. The molecule has 0 bridgehead atoms. The van der Waals surface area contributed by atoms with Gasteiger partial charge in [0, 0.05) is 5.56 Å². The van der Waals surface area contributed by atoms with E-state index in [0.29, 0.717) is 23.2 Å². The number of aromatic nitrogens is 2. The zero-order valence-electron chi connectivity index (χ0n) is 10.5. The molecule has 0 radical (unpaired) electrons. The minimum atomic E-state index is -0.426. The van der Waals surface area contributed by atoms with Gasteiger partial charge in [-0.2, -0.15) is 4.98 Å². The second kappa shape index (κ2) is 4.62. The average Bonchev–Trinajstić information content (AvgIpc) is 3.16. The van der Waals surface area contributed by atoms with Crippen molar-refractivity contribution >= 4 is 0 Å². The molecule has 2 N–H and O–H groups in total. The highest BCUT2D eigenvalue weighted by atomic mass is 19.1. The monoisotopic (exact) mass is 263 g/mol. The summed E-state index contributed by atoms with van der Waals surface area (Å²) in [5.74, 6) is 0.987. The zero-order valence-corrected chi connectivity index (χ0v) is 10.5. The van der Waals surface area contributed by atoms with Crippen LogP contribution in [0, 0.1) is 11.7 Å². The van der Waals surface area contributed by atoms with E-state index in [9.17, 15) is 4.39 Å². The lowest BCUT2D eigenvalue weighted by atomic mass is 10.2. The van der Waals surface area contributed by atoms with E-state index in [1.165, 1.54) is 19.2 Å². The van der Waals surface area contributed by atoms with Crippen molar-refractivity contribution in [2.45, 2.75) is 18.9 Å². The molecule has 1 aromatic heterocycles. The third-order valence-electron chi connectivity index (χ3n) is 3.27. The Labute approximate surface area is 109 Å². The van der Waals surface area contributed by atoms with Crippen LogP contribution in [0.5, 0.6) is 5.75 Å². The number of nitrogens with zero attached hydrogens (tertiary/aromatic N) is 2. The van der Waals surface area contributed by atoms with Crippen molar-refractivity contribution in [2.24, 2.45) is 11.7 Å². The molecule has 5 nitrogen and oxygen atoms in total. The Kier molecular flexibility index (Phi) is 2.94. The van der Waals surface area contributed by atoms with Gasteiger partial charge in [-0.15, -0.1) is 0 Å². The van der Waals surface area contributed by atoms with Gasteiger partial charge in [0.2, 0.25) is 11.7 Å². The first-order valence-corrected chi connectivity index (χ1v) is 6.12. The van der Waals surface area contributed by atoms with E-state index in [4.69, 9.17) is 15.0 Å². The molecule has 1 aliphatic carbocycles. The second-order valence-corrected chi connectivity index (χ2v) is 4.67. The Morgan fingerprint density at radius 2 is 2.26 bits per heavy atom. The molecule has 6 heteroatoms. The van der Waals surface area contributed by atoms with Crippen molar-refractivity contribution in [3.05, 3.63) is 29.9 Å². The lowest BCUT2D eigenvalue weighted by molar-refractivity contribution is 0.343. The van der Waals surface area contributed by atoms with Gasteiger partial charge in [-0.1, -0.05) is 5.16 Å². The van der Waals surface area contributed by atoms with Crippen molar-refractivity contribution in [3.63, 3.8) is 0 Å². The first-order chi connectivity index (χ1) is 9.19. The summed E-state index contributed by atoms with van der Waals surface area (Å²) in [6.45, 7) is 0. The largest absolute Gasteiger partial charge is 0.494 e. The van der Waals surface area contributed by atoms with Gasteiger partial charge in [-0.05, 0) is 37.0 Å². The van der Waals surface area contributed by atoms with Crippen LogP contribution in [0.2, 0.25) is 0 Å². The van der Waals surface area contributed by atoms with Gasteiger partial charge in [-0.3, -0.25) is 0 Å². The van der Waals surface area contributed by atoms with Crippen LogP contribution >= 0.6 is 0 Å². The Balaban J connectivity index is 1.89. The van der Waals surface area contributed by atoms with Crippen LogP contribution in [0.15, 0.2) is 22.7 Å². The maximum absolute atomic E-state index is 13.3. The highest BCUT2D eigenvalue weighted by molar-refractivity contribution is 5.57. The molecule has 1 aliphatic rings. The summed E-state index contributed by atoms with van der Waals surface area (Å²) >= 11 is 0. The topological polar surface area (TPSA) is 74.2 Å². The fourth-order valence-corrected chi connectivity index (χ4v) is 1.94. The molecule has 1 aromatic carbocycles. The van der Waals surface area contributed by atoms with Gasteiger partial charge >= 0.3 is 0 Å². The Bertz CT molecular complexity index is 595. The van der Waals surface area contributed by atoms with Crippen LogP contribution in [0.25, 0.3) is 11.4 Å². The van der Waals surface area contributed by atoms with Crippen molar-refractivity contribution in [2.75, 3.05) is 7.11 Å². The van der Waals surface area contributed by atoms with Crippen molar-refractivity contribution in [1.82, 2.24) is 10.1 Å². The summed E-state index contributed by atoms with van der Waals surface area (Å²) in [7, 11) is 1.41. The van der Waals surface area contributed by atoms with E-state index in [1.807, 2.05) is 0 Å². The van der Waals surface area contributed by atoms with Crippen LogP contribution in [-0.4, -0.2) is 17.3 Å². The predicted octanol–water partition coefficient (Wildman–Crippen LogP) is 2.29. The maximum Gasteiger partial charge on any atom is 0.244 e. The predicted molar refractivity (Wildman–Crippen MR) is 65.9 cm³/mol. The molecule has 1 fully saturated rings. The molecule has 0 saturated heterocycles. The third kappa shape index (κ3) is 2.31. The summed E-state index contributed by atoms with van der Waals surface area (Å²) in [6, 6.07) is 4.22. The third-order valence-corrected chi connectivity index (χ3v) is 3.27. The van der Waals surface area contributed by atoms with Crippen LogP contribution in [-0.2, 0) is 0 Å². The molecule has 0 amide bonds. The van der Waals surface area contributed by atoms with E-state index in [2.05, 4.69) is 10.1 Å². The highest BCUT2D eigenvalue weighted by Crippen LogP contribution is 2.39. The molecular weight excluding hydrogens is 249 g/mol. The number of benzene rings is 1. The zero-order chi connectivity index (χ0) is 13.4. The lowest BCUT2D eigenvalue weighted by Gasteiger charge is -2.03. The van der Waals surface area contributed by atoms with Gasteiger partial charge in [0.25, 0.3) is 0 Å². The van der Waals surface area contributed by atoms with Gasteiger partial charge in [-0.25, -0.2) is 4.39 Å². The number of hydrogen-bond donors (Lipinski definition) is 1. The first-order valence-electron chi connectivity index (χ1n) is 6.12. The number of halogens is 1. The fraction of sp³-hybridized carbons (Fsp3) is 0.385. The quantitative estimate of drug-likeness (QED) is 0.916. The molecule has 1 saturated carbocycles. The summed E-state index contributed by atoms with van der Waals surface area (Å²) in [5.41, 5.74) is 6.63.